The number of nitrogens with one attached hydrogen (secondary N) is 2. The van der Waals surface area contributed by atoms with Crippen LogP contribution in [0, 0.1) is 11.6 Å². The highest BCUT2D eigenvalue weighted by molar-refractivity contribution is 5.98. The van der Waals surface area contributed by atoms with Gasteiger partial charge in [-0.15, -0.1) is 12.4 Å². The number of halogens is 9. The van der Waals surface area contributed by atoms with Crippen molar-refractivity contribution >= 4 is 34.0 Å². The topological polar surface area (TPSA) is 42.5 Å². The van der Waals surface area contributed by atoms with E-state index >= 15 is 4.39 Å². The third kappa shape index (κ3) is 12.4. The molecule has 0 spiro atoms. The first-order valence-electron chi connectivity index (χ1n) is 22.2. The van der Waals surface area contributed by atoms with Gasteiger partial charge in [-0.25, -0.2) is 8.78 Å². The molecule has 13 heteroatoms. The molecule has 8 aromatic carbocycles. The van der Waals surface area contributed by atoms with Gasteiger partial charge in [-0.05, 0) is 159 Å². The summed E-state index contributed by atoms with van der Waals surface area (Å²) >= 11 is 0. The summed E-state index contributed by atoms with van der Waals surface area (Å²) in [4.78, 5) is 0. The van der Waals surface area contributed by atoms with Crippen LogP contribution in [0.1, 0.15) is 39.3 Å². The summed E-state index contributed by atoms with van der Waals surface area (Å²) in [6.45, 7) is 1.34. The van der Waals surface area contributed by atoms with Crippen LogP contribution < -0.4 is 20.1 Å². The normalized spacial score (nSPS) is 12.7. The number of hydrogen-bond donors (Lipinski definition) is 2. The van der Waals surface area contributed by atoms with Crippen LogP contribution in [0.5, 0.6) is 11.5 Å². The fourth-order valence-electron chi connectivity index (χ4n) is 8.93. The van der Waals surface area contributed by atoms with Crippen LogP contribution in [0.25, 0.3) is 43.8 Å². The summed E-state index contributed by atoms with van der Waals surface area (Å²) in [5, 5.41) is 10.6. The van der Waals surface area contributed by atoms with Crippen molar-refractivity contribution in [3.63, 3.8) is 0 Å². The van der Waals surface area contributed by atoms with E-state index in [-0.39, 0.29) is 24.4 Å². The van der Waals surface area contributed by atoms with Crippen LogP contribution in [0.15, 0.2) is 158 Å². The monoisotopic (exact) mass is 968 g/mol. The van der Waals surface area contributed by atoms with E-state index in [2.05, 4.69) is 16.7 Å². The zero-order chi connectivity index (χ0) is 48.0. The molecule has 0 amide bonds. The van der Waals surface area contributed by atoms with E-state index in [4.69, 9.17) is 9.47 Å². The minimum Gasteiger partial charge on any atom is -0.497 e. The lowest BCUT2D eigenvalue weighted by atomic mass is 9.86. The third-order valence-electron chi connectivity index (χ3n) is 12.4. The van der Waals surface area contributed by atoms with Crippen molar-refractivity contribution in [3.05, 3.63) is 203 Å². The van der Waals surface area contributed by atoms with Crippen molar-refractivity contribution in [2.75, 3.05) is 33.9 Å². The predicted molar refractivity (Wildman–Crippen MR) is 260 cm³/mol. The van der Waals surface area contributed by atoms with Crippen molar-refractivity contribution in [2.24, 2.45) is 0 Å². The third-order valence-corrected chi connectivity index (χ3v) is 12.4. The van der Waals surface area contributed by atoms with Gasteiger partial charge in [0.1, 0.15) is 23.1 Å². The van der Waals surface area contributed by atoms with Crippen molar-refractivity contribution < 1.29 is 44.6 Å². The van der Waals surface area contributed by atoms with Crippen LogP contribution in [-0.4, -0.2) is 39.9 Å². The van der Waals surface area contributed by atoms with E-state index in [1.54, 1.807) is 13.2 Å². The molecule has 0 radical (unpaired) electrons. The highest BCUT2D eigenvalue weighted by Gasteiger charge is 2.31. The summed E-state index contributed by atoms with van der Waals surface area (Å²) in [7, 11) is 3.08. The molecule has 69 heavy (non-hydrogen) atoms. The lowest BCUT2D eigenvalue weighted by Gasteiger charge is -2.30. The average molecular weight is 969 g/mol. The Morgan fingerprint density at radius 3 is 1.72 bits per heavy atom. The van der Waals surface area contributed by atoms with Crippen LogP contribution in [-0.2, 0) is 31.6 Å². The molecule has 4 nitrogen and oxygen atoms in total. The van der Waals surface area contributed by atoms with Crippen LogP contribution in [0.2, 0.25) is 0 Å². The highest BCUT2D eigenvalue weighted by atomic mass is 35.5. The molecule has 8 rings (SSSR count). The maximum absolute atomic E-state index is 15.4. The molecule has 0 bridgehead atoms. The SMILES string of the molecule is COc1cccc(CC(NCCc2cc(-c3ccc(C(F)(F)F)cc3)c3ccc(F)cc3c2)C(CNCCc2cc(-c3ccc(C(F)(F)F)cc3)c3ccccc3c2)c2cc(F)cc(OC)c2)c1.Cl. The molecule has 0 aliphatic rings. The quantitative estimate of drug-likeness (QED) is 0.0705. The largest absolute Gasteiger partial charge is 0.497 e. The number of hydrogen-bond acceptors (Lipinski definition) is 4. The summed E-state index contributed by atoms with van der Waals surface area (Å²) in [6, 6.07) is 42.2. The van der Waals surface area contributed by atoms with Gasteiger partial charge >= 0.3 is 12.4 Å². The van der Waals surface area contributed by atoms with Gasteiger partial charge in [-0.3, -0.25) is 0 Å². The first-order valence-corrected chi connectivity index (χ1v) is 22.2. The minimum atomic E-state index is -4.50. The molecule has 2 unspecified atom stereocenters. The number of ether oxygens (including phenoxy) is 2. The van der Waals surface area contributed by atoms with Crippen LogP contribution in [0.3, 0.4) is 0 Å². The molecule has 0 heterocycles. The molecule has 2 N–H and O–H groups in total. The molecule has 2 atom stereocenters. The van der Waals surface area contributed by atoms with E-state index in [0.717, 1.165) is 57.3 Å². The fourth-order valence-corrected chi connectivity index (χ4v) is 8.93. The van der Waals surface area contributed by atoms with Gasteiger partial charge in [-0.2, -0.15) is 26.3 Å². The van der Waals surface area contributed by atoms with E-state index in [9.17, 15) is 30.7 Å². The molecule has 8 aromatic rings. The maximum atomic E-state index is 15.4. The van der Waals surface area contributed by atoms with Gasteiger partial charge in [0.15, 0.2) is 0 Å². The van der Waals surface area contributed by atoms with Gasteiger partial charge < -0.3 is 20.1 Å². The van der Waals surface area contributed by atoms with E-state index < -0.39 is 35.1 Å². The molecular formula is C56H49ClF8N2O2. The number of rotatable bonds is 17. The first-order chi connectivity index (χ1) is 32.6. The smallest absolute Gasteiger partial charge is 0.416 e. The Balaban J connectivity index is 0.00000703. The molecular weight excluding hydrogens is 920 g/mol. The number of benzene rings is 8. The number of alkyl halides is 6. The molecule has 0 saturated carbocycles. The standard InChI is InChI=1S/C56H48F8N2O2.ClH/c1-67-47-8-5-6-35(26-47)29-54(66-23-21-37-25-41-30-45(57)18-19-50(41)52(28-37)39-12-16-44(17-13-39)56(62,63)64)53(42-31-46(58)33-48(32-42)68-2)34-65-22-20-36-24-40-7-3-4-9-49(40)51(27-36)38-10-14-43(15-11-38)55(59,60)61;/h3-19,24-28,30-33,53-54,65-66H,20-23,29,34H2,1-2H3;1H. The molecule has 0 aliphatic heterocycles. The second-order valence-electron chi connectivity index (χ2n) is 16.9. The molecule has 0 aliphatic carbocycles. The van der Waals surface area contributed by atoms with Gasteiger partial charge in [0.25, 0.3) is 0 Å². The second kappa shape index (κ2) is 21.9. The first kappa shape index (κ1) is 50.4. The molecule has 358 valence electrons. The number of methoxy groups -OCH3 is 2. The van der Waals surface area contributed by atoms with Gasteiger partial charge in [0.05, 0.1) is 25.3 Å². The Morgan fingerprint density at radius 1 is 0.507 bits per heavy atom. The summed E-state index contributed by atoms with van der Waals surface area (Å²) in [5.74, 6) is -0.204. The predicted octanol–water partition coefficient (Wildman–Crippen LogP) is 14.4. The highest BCUT2D eigenvalue weighted by Crippen LogP contribution is 2.37. The zero-order valence-electron chi connectivity index (χ0n) is 37.7. The fraction of sp³-hybridized carbons (Fsp3) is 0.214. The second-order valence-corrected chi connectivity index (χ2v) is 16.9. The lowest BCUT2D eigenvalue weighted by Crippen LogP contribution is -2.42. The average Bonchev–Trinajstić information content (AvgIpc) is 3.32. The summed E-state index contributed by atoms with van der Waals surface area (Å²) in [6.07, 6.45) is -7.40. The number of fused-ring (bicyclic) bond motifs is 2. The van der Waals surface area contributed by atoms with Crippen molar-refractivity contribution in [1.29, 1.82) is 0 Å². The summed E-state index contributed by atoms with van der Waals surface area (Å²) < 4.78 is 122. The van der Waals surface area contributed by atoms with Crippen LogP contribution in [0.4, 0.5) is 35.1 Å². The minimum absolute atomic E-state index is 0. The van der Waals surface area contributed by atoms with Crippen LogP contribution >= 0.6 is 12.4 Å². The molecule has 0 aromatic heterocycles. The van der Waals surface area contributed by atoms with Gasteiger partial charge in [0.2, 0.25) is 0 Å². The van der Waals surface area contributed by atoms with E-state index in [1.807, 2.05) is 72.8 Å². The Hall–Kier alpha value is -6.47. The van der Waals surface area contributed by atoms with Crippen molar-refractivity contribution in [1.82, 2.24) is 10.6 Å². The van der Waals surface area contributed by atoms with E-state index in [0.29, 0.717) is 83.4 Å². The Bertz CT molecular complexity index is 3010. The maximum Gasteiger partial charge on any atom is 0.416 e. The molecule has 0 fully saturated rings. The summed E-state index contributed by atoms with van der Waals surface area (Å²) in [5.41, 5.74) is 4.71. The van der Waals surface area contributed by atoms with Crippen molar-refractivity contribution in [2.45, 2.75) is 43.6 Å². The Morgan fingerprint density at radius 2 is 1.10 bits per heavy atom. The molecule has 0 saturated heterocycles. The van der Waals surface area contributed by atoms with E-state index in [1.165, 1.54) is 55.6 Å². The Labute approximate surface area is 401 Å². The zero-order valence-corrected chi connectivity index (χ0v) is 38.5. The van der Waals surface area contributed by atoms with Crippen molar-refractivity contribution in [3.8, 4) is 33.8 Å². The Kier molecular flexibility index (Phi) is 16.0. The van der Waals surface area contributed by atoms with Gasteiger partial charge in [0, 0.05) is 24.6 Å². The van der Waals surface area contributed by atoms with Gasteiger partial charge in [-0.1, -0.05) is 91.0 Å². The lowest BCUT2D eigenvalue weighted by molar-refractivity contribution is -0.138.